The van der Waals surface area contributed by atoms with Gasteiger partial charge in [0.1, 0.15) is 5.69 Å². The summed E-state index contributed by atoms with van der Waals surface area (Å²) in [6.45, 7) is 0.751. The topological polar surface area (TPSA) is 59.3 Å². The van der Waals surface area contributed by atoms with Crippen molar-refractivity contribution in [1.82, 2.24) is 15.1 Å². The molecule has 0 saturated heterocycles. The molecule has 1 aliphatic rings. The van der Waals surface area contributed by atoms with Gasteiger partial charge in [-0.3, -0.25) is 9.79 Å². The summed E-state index contributed by atoms with van der Waals surface area (Å²) in [5.41, 5.74) is 2.16. The van der Waals surface area contributed by atoms with Gasteiger partial charge in [0.2, 0.25) is 0 Å². The molecule has 1 aromatic carbocycles. The number of hydrogen-bond acceptors (Lipinski definition) is 5. The molecule has 0 bridgehead atoms. The Labute approximate surface area is 147 Å². The summed E-state index contributed by atoms with van der Waals surface area (Å²) in [5.74, 6) is 0.741. The first-order valence-electron chi connectivity index (χ1n) is 7.49. The van der Waals surface area contributed by atoms with Crippen LogP contribution in [-0.2, 0) is 0 Å². The molecule has 3 aromatic rings. The van der Waals surface area contributed by atoms with E-state index in [2.05, 4.69) is 15.4 Å². The number of hydrogen-bond donors (Lipinski definition) is 1. The highest BCUT2D eigenvalue weighted by Gasteiger charge is 2.21. The van der Waals surface area contributed by atoms with E-state index in [0.29, 0.717) is 16.4 Å². The van der Waals surface area contributed by atoms with E-state index in [1.807, 2.05) is 47.8 Å². The van der Waals surface area contributed by atoms with Crippen molar-refractivity contribution < 1.29 is 4.79 Å². The van der Waals surface area contributed by atoms with Crippen LogP contribution in [0.1, 0.15) is 10.4 Å². The molecule has 0 radical (unpaired) electrons. The number of benzene rings is 1. The van der Waals surface area contributed by atoms with Crippen LogP contribution in [0.5, 0.6) is 0 Å². The quantitative estimate of drug-likeness (QED) is 0.784. The van der Waals surface area contributed by atoms with Gasteiger partial charge in [0.05, 0.1) is 22.7 Å². The van der Waals surface area contributed by atoms with Crippen molar-refractivity contribution in [2.24, 2.45) is 4.99 Å². The second-order valence-electron chi connectivity index (χ2n) is 5.14. The van der Waals surface area contributed by atoms with Crippen LogP contribution in [0.3, 0.4) is 0 Å². The van der Waals surface area contributed by atoms with Crippen LogP contribution >= 0.6 is 23.1 Å². The van der Waals surface area contributed by atoms with Crippen molar-refractivity contribution >= 4 is 34.2 Å². The summed E-state index contributed by atoms with van der Waals surface area (Å²) in [6, 6.07) is 13.7. The zero-order valence-corrected chi connectivity index (χ0v) is 14.3. The molecule has 7 heteroatoms. The Morgan fingerprint density at radius 2 is 2.04 bits per heavy atom. The number of rotatable bonds is 3. The van der Waals surface area contributed by atoms with Gasteiger partial charge in [-0.15, -0.1) is 11.3 Å². The molecule has 0 saturated carbocycles. The molecule has 1 amide bonds. The Bertz CT molecular complexity index is 885. The zero-order valence-electron chi connectivity index (χ0n) is 12.7. The Balaban J connectivity index is 1.73. The molecule has 1 N–H and O–H groups in total. The van der Waals surface area contributed by atoms with E-state index < -0.39 is 0 Å². The van der Waals surface area contributed by atoms with Crippen LogP contribution in [-0.4, -0.2) is 33.2 Å². The number of amides is 1. The van der Waals surface area contributed by atoms with Crippen LogP contribution in [0.25, 0.3) is 16.3 Å². The molecule has 0 unspecified atom stereocenters. The predicted molar refractivity (Wildman–Crippen MR) is 99.1 cm³/mol. The summed E-state index contributed by atoms with van der Waals surface area (Å²) < 4.78 is 1.74. The Hall–Kier alpha value is -2.38. The van der Waals surface area contributed by atoms with E-state index in [-0.39, 0.29) is 5.91 Å². The van der Waals surface area contributed by atoms with E-state index in [1.165, 1.54) is 0 Å². The summed E-state index contributed by atoms with van der Waals surface area (Å²) in [7, 11) is 0. The molecule has 1 aliphatic heterocycles. The smallest absolute Gasteiger partial charge is 0.261 e. The van der Waals surface area contributed by atoms with E-state index in [9.17, 15) is 4.79 Å². The standard InChI is InChI=1S/C17H14N4OS2/c22-16(19-17-18-8-10-24-17)13-11-21(12-5-2-1-3-6-12)20-15(13)14-7-4-9-23-14/h1-7,9,11H,8,10H2,(H,18,19,22). The molecule has 0 fully saturated rings. The largest absolute Gasteiger partial charge is 0.301 e. The number of nitrogens with zero attached hydrogens (tertiary/aromatic N) is 3. The number of thioether (sulfide) groups is 1. The second-order valence-corrected chi connectivity index (χ2v) is 7.17. The lowest BCUT2D eigenvalue weighted by Crippen LogP contribution is -2.27. The van der Waals surface area contributed by atoms with Gasteiger partial charge in [-0.1, -0.05) is 36.0 Å². The first-order chi connectivity index (χ1) is 11.8. The highest BCUT2D eigenvalue weighted by molar-refractivity contribution is 8.14. The maximum absolute atomic E-state index is 12.7. The summed E-state index contributed by atoms with van der Waals surface area (Å²) >= 11 is 3.13. The Kier molecular flexibility index (Phi) is 4.18. The molecular weight excluding hydrogens is 340 g/mol. The highest BCUT2D eigenvalue weighted by atomic mass is 32.2. The fourth-order valence-electron chi connectivity index (χ4n) is 2.42. The van der Waals surface area contributed by atoms with Crippen molar-refractivity contribution in [3.8, 4) is 16.3 Å². The molecular formula is C17H14N4OS2. The number of carbonyl (C=O) groups is 1. The normalized spacial score (nSPS) is 13.8. The molecule has 24 heavy (non-hydrogen) atoms. The minimum Gasteiger partial charge on any atom is -0.301 e. The maximum atomic E-state index is 12.7. The number of para-hydroxylation sites is 1. The number of aromatic nitrogens is 2. The van der Waals surface area contributed by atoms with Crippen LogP contribution in [0.2, 0.25) is 0 Å². The van der Waals surface area contributed by atoms with Gasteiger partial charge < -0.3 is 5.32 Å². The van der Waals surface area contributed by atoms with Gasteiger partial charge >= 0.3 is 0 Å². The number of carbonyl (C=O) groups excluding carboxylic acids is 1. The molecule has 0 spiro atoms. The molecule has 2 aromatic heterocycles. The van der Waals surface area contributed by atoms with Gasteiger partial charge in [0, 0.05) is 11.9 Å². The molecule has 120 valence electrons. The number of nitrogens with one attached hydrogen (secondary N) is 1. The molecule has 4 rings (SSSR count). The minimum absolute atomic E-state index is 0.172. The van der Waals surface area contributed by atoms with Crippen molar-refractivity contribution in [2.75, 3.05) is 12.3 Å². The third kappa shape index (κ3) is 3.00. The molecule has 0 atom stereocenters. The van der Waals surface area contributed by atoms with E-state index in [4.69, 9.17) is 0 Å². The van der Waals surface area contributed by atoms with Crippen molar-refractivity contribution in [3.63, 3.8) is 0 Å². The molecule has 3 heterocycles. The lowest BCUT2D eigenvalue weighted by Gasteiger charge is -2.02. The van der Waals surface area contributed by atoms with Gasteiger partial charge in [-0.25, -0.2) is 4.68 Å². The van der Waals surface area contributed by atoms with Gasteiger partial charge in [-0.05, 0) is 23.6 Å². The first-order valence-corrected chi connectivity index (χ1v) is 9.35. The first kappa shape index (κ1) is 15.2. The minimum atomic E-state index is -0.172. The third-order valence-electron chi connectivity index (χ3n) is 3.54. The van der Waals surface area contributed by atoms with Crippen LogP contribution in [0.15, 0.2) is 59.0 Å². The summed E-state index contributed by atoms with van der Waals surface area (Å²) in [4.78, 5) is 18.0. The van der Waals surface area contributed by atoms with Crippen LogP contribution < -0.4 is 5.32 Å². The second kappa shape index (κ2) is 6.62. The van der Waals surface area contributed by atoms with E-state index in [0.717, 1.165) is 22.9 Å². The lowest BCUT2D eigenvalue weighted by atomic mass is 10.2. The van der Waals surface area contributed by atoms with Crippen LogP contribution in [0, 0.1) is 0 Å². The Morgan fingerprint density at radius 3 is 2.75 bits per heavy atom. The van der Waals surface area contributed by atoms with Gasteiger partial charge in [0.15, 0.2) is 5.17 Å². The monoisotopic (exact) mass is 354 g/mol. The van der Waals surface area contributed by atoms with Gasteiger partial charge in [0.25, 0.3) is 5.91 Å². The Morgan fingerprint density at radius 1 is 1.17 bits per heavy atom. The third-order valence-corrected chi connectivity index (χ3v) is 5.31. The molecule has 0 aliphatic carbocycles. The summed E-state index contributed by atoms with van der Waals surface area (Å²) in [5, 5.41) is 10.2. The zero-order chi connectivity index (χ0) is 16.4. The van der Waals surface area contributed by atoms with Crippen molar-refractivity contribution in [2.45, 2.75) is 0 Å². The SMILES string of the molecule is O=C(NC1=NCCS1)c1cn(-c2ccccc2)nc1-c1cccs1. The highest BCUT2D eigenvalue weighted by Crippen LogP contribution is 2.28. The predicted octanol–water partition coefficient (Wildman–Crippen LogP) is 3.43. The number of amidine groups is 1. The van der Waals surface area contributed by atoms with E-state index in [1.54, 1.807) is 34.0 Å². The fraction of sp³-hybridized carbons (Fsp3) is 0.118. The van der Waals surface area contributed by atoms with E-state index >= 15 is 0 Å². The lowest BCUT2D eigenvalue weighted by molar-refractivity contribution is 0.0978. The average Bonchev–Trinajstić information content (AvgIpc) is 3.36. The molecule has 5 nitrogen and oxygen atoms in total. The number of thiophene rings is 1. The fourth-order valence-corrected chi connectivity index (χ4v) is 3.87. The average molecular weight is 354 g/mol. The van der Waals surface area contributed by atoms with Crippen molar-refractivity contribution in [3.05, 3.63) is 59.6 Å². The summed E-state index contributed by atoms with van der Waals surface area (Å²) in [6.07, 6.45) is 1.78. The number of aliphatic imine (C=N–C) groups is 1. The van der Waals surface area contributed by atoms with Crippen molar-refractivity contribution in [1.29, 1.82) is 0 Å². The van der Waals surface area contributed by atoms with Gasteiger partial charge in [-0.2, -0.15) is 5.10 Å². The van der Waals surface area contributed by atoms with Crippen LogP contribution in [0.4, 0.5) is 0 Å². The maximum Gasteiger partial charge on any atom is 0.261 e.